The van der Waals surface area contributed by atoms with Crippen LogP contribution in [0.5, 0.6) is 5.75 Å². The van der Waals surface area contributed by atoms with Crippen molar-refractivity contribution in [3.63, 3.8) is 0 Å². The van der Waals surface area contributed by atoms with Crippen molar-refractivity contribution in [2.75, 3.05) is 14.1 Å². The van der Waals surface area contributed by atoms with Crippen LogP contribution in [0, 0.1) is 0 Å². The van der Waals surface area contributed by atoms with Gasteiger partial charge in [0.25, 0.3) is 10.0 Å². The lowest BCUT2D eigenvalue weighted by molar-refractivity contribution is 0.257. The van der Waals surface area contributed by atoms with Gasteiger partial charge >= 0.3 is 0 Å². The summed E-state index contributed by atoms with van der Waals surface area (Å²) >= 11 is 0. The van der Waals surface area contributed by atoms with Crippen LogP contribution in [0.4, 0.5) is 0 Å². The fourth-order valence-corrected chi connectivity index (χ4v) is 3.52. The number of para-hydroxylation sites is 1. The van der Waals surface area contributed by atoms with E-state index in [0.29, 0.717) is 11.5 Å². The van der Waals surface area contributed by atoms with E-state index in [2.05, 4.69) is 0 Å². The number of furan rings is 2. The Kier molecular flexibility index (Phi) is 3.97. The maximum absolute atomic E-state index is 12.0. The van der Waals surface area contributed by atoms with Gasteiger partial charge < -0.3 is 13.6 Å². The predicted molar refractivity (Wildman–Crippen MR) is 97.6 cm³/mol. The summed E-state index contributed by atoms with van der Waals surface area (Å²) < 4.78 is 42.1. The minimum Gasteiger partial charge on any atom is -0.486 e. The molecule has 26 heavy (non-hydrogen) atoms. The van der Waals surface area contributed by atoms with Crippen LogP contribution in [-0.2, 0) is 16.6 Å². The molecule has 2 aromatic carbocycles. The van der Waals surface area contributed by atoms with E-state index in [1.165, 1.54) is 20.2 Å². The highest BCUT2D eigenvalue weighted by molar-refractivity contribution is 7.88. The van der Waals surface area contributed by atoms with E-state index in [4.69, 9.17) is 13.6 Å². The van der Waals surface area contributed by atoms with Crippen molar-refractivity contribution in [1.82, 2.24) is 4.31 Å². The lowest BCUT2D eigenvalue weighted by atomic mass is 10.1. The van der Waals surface area contributed by atoms with Gasteiger partial charge in [0.2, 0.25) is 5.09 Å². The molecule has 0 atom stereocenters. The molecular weight excluding hydrogens is 354 g/mol. The minimum absolute atomic E-state index is 0.0996. The molecule has 0 aliphatic heterocycles. The monoisotopic (exact) mass is 371 g/mol. The molecule has 4 rings (SSSR count). The fraction of sp³-hybridized carbons (Fsp3) is 0.158. The van der Waals surface area contributed by atoms with Crippen LogP contribution in [0.2, 0.25) is 0 Å². The van der Waals surface area contributed by atoms with Gasteiger partial charge in [-0.15, -0.1) is 0 Å². The van der Waals surface area contributed by atoms with Crippen molar-refractivity contribution in [3.8, 4) is 5.75 Å². The average Bonchev–Trinajstić information content (AvgIpc) is 3.24. The Morgan fingerprint density at radius 3 is 2.50 bits per heavy atom. The highest BCUT2D eigenvalue weighted by Gasteiger charge is 2.21. The molecule has 0 fully saturated rings. The molecule has 0 N–H and O–H groups in total. The number of hydrogen-bond donors (Lipinski definition) is 0. The SMILES string of the molecule is CN(C)S(=O)(=O)c1ccc(COc2ccc3oc4ccccc4c3c2)o1. The van der Waals surface area contributed by atoms with Gasteiger partial charge in [-0.2, -0.15) is 0 Å². The van der Waals surface area contributed by atoms with Crippen LogP contribution in [0.1, 0.15) is 5.76 Å². The summed E-state index contributed by atoms with van der Waals surface area (Å²) in [6, 6.07) is 16.4. The molecule has 4 aromatic rings. The highest BCUT2D eigenvalue weighted by atomic mass is 32.2. The predicted octanol–water partition coefficient (Wildman–Crippen LogP) is 4.01. The number of benzene rings is 2. The zero-order chi connectivity index (χ0) is 18.3. The number of hydrogen-bond acceptors (Lipinski definition) is 5. The molecule has 0 amide bonds. The summed E-state index contributed by atoms with van der Waals surface area (Å²) in [5.74, 6) is 1.08. The largest absolute Gasteiger partial charge is 0.486 e. The molecule has 0 aliphatic carbocycles. The summed E-state index contributed by atoms with van der Waals surface area (Å²) in [5.41, 5.74) is 1.61. The van der Waals surface area contributed by atoms with Gasteiger partial charge in [0.1, 0.15) is 29.3 Å². The summed E-state index contributed by atoms with van der Waals surface area (Å²) in [6.45, 7) is 0.129. The Labute approximate surface area is 150 Å². The van der Waals surface area contributed by atoms with Gasteiger partial charge in [-0.3, -0.25) is 0 Å². The molecular formula is C19H17NO5S. The van der Waals surface area contributed by atoms with Crippen LogP contribution >= 0.6 is 0 Å². The summed E-state index contributed by atoms with van der Waals surface area (Å²) in [7, 11) is -0.672. The second-order valence-electron chi connectivity index (χ2n) is 6.05. The quantitative estimate of drug-likeness (QED) is 0.530. The van der Waals surface area contributed by atoms with E-state index >= 15 is 0 Å². The van der Waals surface area contributed by atoms with Gasteiger partial charge in [-0.1, -0.05) is 18.2 Å². The topological polar surface area (TPSA) is 72.9 Å². The fourth-order valence-electron chi connectivity index (χ4n) is 2.70. The Bertz CT molecular complexity index is 1190. The van der Waals surface area contributed by atoms with E-state index in [9.17, 15) is 8.42 Å². The Morgan fingerprint density at radius 1 is 0.923 bits per heavy atom. The zero-order valence-corrected chi connectivity index (χ0v) is 15.1. The van der Waals surface area contributed by atoms with Gasteiger partial charge in [0, 0.05) is 24.9 Å². The second-order valence-corrected chi connectivity index (χ2v) is 8.14. The molecule has 2 heterocycles. The van der Waals surface area contributed by atoms with E-state index < -0.39 is 10.0 Å². The van der Waals surface area contributed by atoms with Gasteiger partial charge in [-0.05, 0) is 36.4 Å². The molecule has 7 heteroatoms. The molecule has 0 saturated carbocycles. The van der Waals surface area contributed by atoms with Crippen molar-refractivity contribution in [2.24, 2.45) is 0 Å². The molecule has 0 bridgehead atoms. The minimum atomic E-state index is -3.59. The van der Waals surface area contributed by atoms with Crippen molar-refractivity contribution in [2.45, 2.75) is 11.7 Å². The normalized spacial score (nSPS) is 12.3. The number of fused-ring (bicyclic) bond motifs is 3. The Morgan fingerprint density at radius 2 is 1.69 bits per heavy atom. The summed E-state index contributed by atoms with van der Waals surface area (Å²) in [6.07, 6.45) is 0. The van der Waals surface area contributed by atoms with E-state index in [1.54, 1.807) is 6.07 Å². The molecule has 2 aromatic heterocycles. The second kappa shape index (κ2) is 6.19. The van der Waals surface area contributed by atoms with Crippen LogP contribution in [0.15, 0.2) is 68.5 Å². The van der Waals surface area contributed by atoms with Crippen LogP contribution in [0.25, 0.3) is 21.9 Å². The first kappa shape index (κ1) is 16.7. The summed E-state index contributed by atoms with van der Waals surface area (Å²) in [4.78, 5) is 0. The third-order valence-electron chi connectivity index (χ3n) is 4.10. The zero-order valence-electron chi connectivity index (χ0n) is 14.3. The van der Waals surface area contributed by atoms with E-state index in [1.807, 2.05) is 42.5 Å². The van der Waals surface area contributed by atoms with Crippen molar-refractivity contribution in [1.29, 1.82) is 0 Å². The molecule has 0 radical (unpaired) electrons. The van der Waals surface area contributed by atoms with Gasteiger partial charge in [-0.25, -0.2) is 12.7 Å². The first-order valence-electron chi connectivity index (χ1n) is 8.00. The van der Waals surface area contributed by atoms with E-state index in [0.717, 1.165) is 26.2 Å². The van der Waals surface area contributed by atoms with Crippen molar-refractivity contribution in [3.05, 3.63) is 60.4 Å². The van der Waals surface area contributed by atoms with Crippen LogP contribution in [-0.4, -0.2) is 26.8 Å². The summed E-state index contributed by atoms with van der Waals surface area (Å²) in [5, 5.41) is 1.89. The Balaban J connectivity index is 1.57. The molecule has 0 spiro atoms. The lowest BCUT2D eigenvalue weighted by Gasteiger charge is -2.08. The Hall–Kier alpha value is -2.77. The molecule has 0 aliphatic rings. The third-order valence-corrected chi connectivity index (χ3v) is 5.79. The molecule has 0 unspecified atom stereocenters. The molecule has 134 valence electrons. The number of sulfonamides is 1. The smallest absolute Gasteiger partial charge is 0.275 e. The number of rotatable bonds is 5. The average molecular weight is 371 g/mol. The van der Waals surface area contributed by atoms with Gasteiger partial charge in [0.15, 0.2) is 0 Å². The molecule has 6 nitrogen and oxygen atoms in total. The highest BCUT2D eigenvalue weighted by Crippen LogP contribution is 2.31. The number of ether oxygens (including phenoxy) is 1. The van der Waals surface area contributed by atoms with Gasteiger partial charge in [0.05, 0.1) is 0 Å². The van der Waals surface area contributed by atoms with Crippen molar-refractivity contribution < 1.29 is 22.0 Å². The van der Waals surface area contributed by atoms with Crippen molar-refractivity contribution >= 4 is 32.0 Å². The van der Waals surface area contributed by atoms with Crippen LogP contribution in [0.3, 0.4) is 0 Å². The maximum atomic E-state index is 12.0. The first-order chi connectivity index (χ1) is 12.4. The molecule has 0 saturated heterocycles. The number of nitrogens with zero attached hydrogens (tertiary/aromatic N) is 1. The van der Waals surface area contributed by atoms with E-state index in [-0.39, 0.29) is 11.7 Å². The lowest BCUT2D eigenvalue weighted by Crippen LogP contribution is -2.21. The van der Waals surface area contributed by atoms with Crippen LogP contribution < -0.4 is 4.74 Å². The standard InChI is InChI=1S/C19H17NO5S/c1-20(2)26(21,22)19-10-8-14(24-19)12-23-13-7-9-18-16(11-13)15-5-3-4-6-17(15)25-18/h3-11H,12H2,1-2H3. The third kappa shape index (κ3) is 2.85. The maximum Gasteiger partial charge on any atom is 0.275 e. The first-order valence-corrected chi connectivity index (χ1v) is 9.44.